The van der Waals surface area contributed by atoms with Crippen LogP contribution in [0.1, 0.15) is 27.8 Å². The topological polar surface area (TPSA) is 59.3 Å². The summed E-state index contributed by atoms with van der Waals surface area (Å²) in [5, 5.41) is 8.72. The van der Waals surface area contributed by atoms with Crippen molar-refractivity contribution in [2.24, 2.45) is 4.99 Å². The minimum atomic E-state index is -0.495. The second-order valence-corrected chi connectivity index (χ2v) is 7.39. The van der Waals surface area contributed by atoms with Crippen molar-refractivity contribution in [3.05, 3.63) is 107 Å². The second-order valence-electron chi connectivity index (χ2n) is 6.95. The maximum atomic E-state index is 11.7. The first-order chi connectivity index (χ1) is 14.7. The number of aldehydes is 1. The van der Waals surface area contributed by atoms with Crippen molar-refractivity contribution in [3.63, 3.8) is 0 Å². The highest BCUT2D eigenvalue weighted by Crippen LogP contribution is 2.32. The van der Waals surface area contributed by atoms with E-state index in [4.69, 9.17) is 16.6 Å². The van der Waals surface area contributed by atoms with Crippen LogP contribution in [0, 0.1) is 0 Å². The molecule has 1 aliphatic rings. The minimum Gasteiger partial charge on any atom is -0.345 e. The summed E-state index contributed by atoms with van der Waals surface area (Å²) in [6.07, 6.45) is 2.05. The largest absolute Gasteiger partial charge is 0.345 e. The average Bonchev–Trinajstić information content (AvgIpc) is 3.24. The molecule has 1 aromatic heterocycles. The summed E-state index contributed by atoms with van der Waals surface area (Å²) >= 11 is 6.25. The lowest BCUT2D eigenvalue weighted by Gasteiger charge is -2.26. The summed E-state index contributed by atoms with van der Waals surface area (Å²) in [7, 11) is 0. The summed E-state index contributed by atoms with van der Waals surface area (Å²) < 4.78 is 1.69. The number of hydrogen-bond acceptors (Lipinski definition) is 4. The zero-order valence-electron chi connectivity index (χ0n) is 15.9. The third-order valence-electron chi connectivity index (χ3n) is 5.00. The number of fused-ring (bicyclic) bond motifs is 1. The number of carbonyl (C=O) groups excluding carboxylic acids is 1. The van der Waals surface area contributed by atoms with Gasteiger partial charge < -0.3 is 5.32 Å². The number of hydrogen-bond donors (Lipinski definition) is 1. The molecule has 0 saturated carbocycles. The molecule has 0 spiro atoms. The number of nitrogens with zero attached hydrogens (tertiary/aromatic N) is 3. The summed E-state index contributed by atoms with van der Waals surface area (Å²) in [4.78, 5) is 16.6. The molecule has 5 nitrogen and oxygen atoms in total. The maximum absolute atomic E-state index is 11.7. The lowest BCUT2D eigenvalue weighted by Crippen LogP contribution is -2.25. The number of anilines is 1. The van der Waals surface area contributed by atoms with Crippen molar-refractivity contribution < 1.29 is 4.79 Å². The van der Waals surface area contributed by atoms with Gasteiger partial charge in [0.05, 0.1) is 11.3 Å². The number of nitrogens with one attached hydrogen (secondary N) is 1. The molecule has 1 atom stereocenters. The molecule has 0 amide bonds. The van der Waals surface area contributed by atoms with Crippen molar-refractivity contribution in [1.29, 1.82) is 0 Å². The van der Waals surface area contributed by atoms with Crippen LogP contribution in [0.25, 0.3) is 11.3 Å². The molecule has 2 heterocycles. The van der Waals surface area contributed by atoms with Crippen LogP contribution in [0.15, 0.2) is 90.1 Å². The lowest BCUT2D eigenvalue weighted by atomic mass is 9.99. The van der Waals surface area contributed by atoms with E-state index in [9.17, 15) is 4.79 Å². The summed E-state index contributed by atoms with van der Waals surface area (Å²) in [6, 6.07) is 25.3. The smallest absolute Gasteiger partial charge is 0.216 e. The minimum absolute atomic E-state index is 0.495. The van der Waals surface area contributed by atoms with Gasteiger partial charge in [0.1, 0.15) is 5.69 Å². The zero-order valence-corrected chi connectivity index (χ0v) is 16.6. The molecular formula is C24H17ClN4O. The molecule has 0 saturated heterocycles. The first kappa shape index (κ1) is 18.3. The van der Waals surface area contributed by atoms with Gasteiger partial charge in [0.25, 0.3) is 0 Å². The zero-order chi connectivity index (χ0) is 20.5. The predicted octanol–water partition coefficient (Wildman–Crippen LogP) is 5.44. The van der Waals surface area contributed by atoms with Crippen LogP contribution in [0.5, 0.6) is 0 Å². The number of halogens is 1. The highest BCUT2D eigenvalue weighted by molar-refractivity contribution is 6.31. The SMILES string of the molecule is O=Cc1cn([C@H]2N=C(c3ccccc3)c3cc(Cl)ccc3N2)nc1-c1ccccc1. The first-order valence-corrected chi connectivity index (χ1v) is 9.90. The number of aliphatic imine (C=N–C) groups is 1. The third-order valence-corrected chi connectivity index (χ3v) is 5.24. The van der Waals surface area contributed by atoms with E-state index < -0.39 is 6.29 Å². The van der Waals surface area contributed by atoms with Crippen LogP contribution in [-0.2, 0) is 0 Å². The molecule has 1 N–H and O–H groups in total. The Labute approximate surface area is 178 Å². The average molecular weight is 413 g/mol. The van der Waals surface area contributed by atoms with Gasteiger partial charge in [-0.25, -0.2) is 9.67 Å². The van der Waals surface area contributed by atoms with Gasteiger partial charge in [-0.3, -0.25) is 4.79 Å². The lowest BCUT2D eigenvalue weighted by molar-refractivity contribution is 0.112. The second kappa shape index (κ2) is 7.61. The molecule has 0 radical (unpaired) electrons. The molecule has 30 heavy (non-hydrogen) atoms. The maximum Gasteiger partial charge on any atom is 0.216 e. The van der Waals surface area contributed by atoms with Crippen LogP contribution >= 0.6 is 11.6 Å². The molecule has 0 unspecified atom stereocenters. The van der Waals surface area contributed by atoms with Gasteiger partial charge in [-0.2, -0.15) is 5.10 Å². The van der Waals surface area contributed by atoms with E-state index in [1.807, 2.05) is 78.9 Å². The summed E-state index contributed by atoms with van der Waals surface area (Å²) in [6.45, 7) is 0. The van der Waals surface area contributed by atoms with Crippen molar-refractivity contribution in [1.82, 2.24) is 9.78 Å². The summed E-state index contributed by atoms with van der Waals surface area (Å²) in [5.74, 6) is 0. The fourth-order valence-corrected chi connectivity index (χ4v) is 3.76. The number of aromatic nitrogens is 2. The van der Waals surface area contributed by atoms with Crippen LogP contribution in [0.3, 0.4) is 0 Å². The number of benzene rings is 3. The molecule has 4 aromatic rings. The Morgan fingerprint density at radius 1 is 0.933 bits per heavy atom. The van der Waals surface area contributed by atoms with Crippen LogP contribution in [0.4, 0.5) is 5.69 Å². The standard InChI is InChI=1S/C24H17ClN4O/c25-19-11-12-21-20(13-19)23(17-9-5-2-6-10-17)27-24(26-21)29-14-18(15-30)22(28-29)16-7-3-1-4-8-16/h1-15,24,26H/t24-/m1/s1. The van der Waals surface area contributed by atoms with Crippen molar-refractivity contribution in [3.8, 4) is 11.3 Å². The van der Waals surface area contributed by atoms with Gasteiger partial charge in [-0.05, 0) is 18.2 Å². The van der Waals surface area contributed by atoms with E-state index in [0.29, 0.717) is 16.3 Å². The van der Waals surface area contributed by atoms with E-state index in [1.165, 1.54) is 0 Å². The van der Waals surface area contributed by atoms with E-state index in [0.717, 1.165) is 34.4 Å². The molecule has 1 aliphatic heterocycles. The molecule has 146 valence electrons. The van der Waals surface area contributed by atoms with Gasteiger partial charge in [-0.1, -0.05) is 72.3 Å². The fourth-order valence-electron chi connectivity index (χ4n) is 3.59. The van der Waals surface area contributed by atoms with Gasteiger partial charge in [0.15, 0.2) is 6.29 Å². The Morgan fingerprint density at radius 2 is 1.63 bits per heavy atom. The molecule has 0 bridgehead atoms. The van der Waals surface area contributed by atoms with Crippen LogP contribution < -0.4 is 5.32 Å². The van der Waals surface area contributed by atoms with E-state index in [1.54, 1.807) is 10.9 Å². The molecule has 0 aliphatic carbocycles. The predicted molar refractivity (Wildman–Crippen MR) is 119 cm³/mol. The monoisotopic (exact) mass is 412 g/mol. The summed E-state index contributed by atoms with van der Waals surface area (Å²) in [5.41, 5.74) is 5.67. The van der Waals surface area contributed by atoms with E-state index in [2.05, 4.69) is 10.4 Å². The van der Waals surface area contributed by atoms with Gasteiger partial charge in [0.2, 0.25) is 6.29 Å². The van der Waals surface area contributed by atoms with Crippen molar-refractivity contribution in [2.75, 3.05) is 5.32 Å². The molecule has 0 fully saturated rings. The molecule has 3 aromatic carbocycles. The van der Waals surface area contributed by atoms with Crippen molar-refractivity contribution >= 4 is 29.3 Å². The fraction of sp³-hybridized carbons (Fsp3) is 0.0417. The molecular weight excluding hydrogens is 396 g/mol. The molecule has 5 rings (SSSR count). The normalized spacial score (nSPS) is 15.1. The Bertz CT molecular complexity index is 1250. The van der Waals surface area contributed by atoms with Crippen molar-refractivity contribution in [2.45, 2.75) is 6.29 Å². The Balaban J connectivity index is 1.63. The van der Waals surface area contributed by atoms with Gasteiger partial charge in [0, 0.05) is 33.6 Å². The van der Waals surface area contributed by atoms with Crippen LogP contribution in [-0.4, -0.2) is 21.8 Å². The number of rotatable bonds is 4. The highest BCUT2D eigenvalue weighted by atomic mass is 35.5. The Morgan fingerprint density at radius 3 is 2.33 bits per heavy atom. The first-order valence-electron chi connectivity index (χ1n) is 9.52. The van der Waals surface area contributed by atoms with Gasteiger partial charge >= 0.3 is 0 Å². The Kier molecular flexibility index (Phi) is 4.65. The van der Waals surface area contributed by atoms with Gasteiger partial charge in [-0.15, -0.1) is 0 Å². The van der Waals surface area contributed by atoms with E-state index in [-0.39, 0.29) is 0 Å². The Hall–Kier alpha value is -3.70. The molecule has 6 heteroatoms. The van der Waals surface area contributed by atoms with Crippen LogP contribution in [0.2, 0.25) is 5.02 Å². The number of carbonyl (C=O) groups is 1. The third kappa shape index (κ3) is 3.29. The van der Waals surface area contributed by atoms with E-state index >= 15 is 0 Å². The highest BCUT2D eigenvalue weighted by Gasteiger charge is 2.24. The quantitative estimate of drug-likeness (QED) is 0.454.